The number of aromatic nitrogens is 3. The van der Waals surface area contributed by atoms with Crippen LogP contribution in [0.4, 0.5) is 5.69 Å². The van der Waals surface area contributed by atoms with E-state index in [2.05, 4.69) is 15.4 Å². The van der Waals surface area contributed by atoms with Gasteiger partial charge >= 0.3 is 0 Å². The zero-order valence-electron chi connectivity index (χ0n) is 16.9. The number of nitrogens with one attached hydrogen (secondary N) is 1. The maximum Gasteiger partial charge on any atom is 0.266 e. The zero-order valence-corrected chi connectivity index (χ0v) is 16.9. The third-order valence-corrected chi connectivity index (χ3v) is 4.76. The van der Waals surface area contributed by atoms with Crippen LogP contribution >= 0.6 is 0 Å². The molecule has 2 heterocycles. The summed E-state index contributed by atoms with van der Waals surface area (Å²) in [7, 11) is 0. The summed E-state index contributed by atoms with van der Waals surface area (Å²) in [4.78, 5) is 17.0. The van der Waals surface area contributed by atoms with Crippen molar-refractivity contribution in [3.8, 4) is 23.0 Å². The molecule has 6 nitrogen and oxygen atoms in total. The third-order valence-electron chi connectivity index (χ3n) is 4.76. The molecule has 0 radical (unpaired) electrons. The SMILES string of the molecule is Cc1ccccc1NC(=O)/C(C#N)=C/c1cn(-c2ccccc2)nc1-c1cccnc1. The molecule has 0 atom stereocenters. The first kappa shape index (κ1) is 19.8. The van der Waals surface area contributed by atoms with Crippen molar-refractivity contribution in [2.75, 3.05) is 5.32 Å². The van der Waals surface area contributed by atoms with E-state index in [0.29, 0.717) is 16.9 Å². The van der Waals surface area contributed by atoms with Crippen LogP contribution in [0.1, 0.15) is 11.1 Å². The van der Waals surface area contributed by atoms with Gasteiger partial charge in [-0.2, -0.15) is 10.4 Å². The highest BCUT2D eigenvalue weighted by Gasteiger charge is 2.16. The van der Waals surface area contributed by atoms with Crippen molar-refractivity contribution in [3.05, 3.63) is 102 Å². The van der Waals surface area contributed by atoms with E-state index in [1.165, 1.54) is 0 Å². The average molecular weight is 405 g/mol. The Balaban J connectivity index is 1.75. The monoisotopic (exact) mass is 405 g/mol. The molecule has 2 aromatic carbocycles. The number of amides is 1. The molecular formula is C25H19N5O. The van der Waals surface area contributed by atoms with Crippen molar-refractivity contribution < 1.29 is 4.79 Å². The predicted octanol–water partition coefficient (Wildman–Crippen LogP) is 4.79. The second-order valence-electron chi connectivity index (χ2n) is 6.89. The minimum Gasteiger partial charge on any atom is -0.321 e. The van der Waals surface area contributed by atoms with E-state index in [0.717, 1.165) is 16.8 Å². The number of rotatable bonds is 5. The molecule has 1 amide bonds. The van der Waals surface area contributed by atoms with Crippen LogP contribution in [-0.2, 0) is 4.79 Å². The number of para-hydroxylation sites is 2. The van der Waals surface area contributed by atoms with Crippen LogP contribution in [0.3, 0.4) is 0 Å². The smallest absolute Gasteiger partial charge is 0.266 e. The number of aryl methyl sites for hydroxylation is 1. The van der Waals surface area contributed by atoms with E-state index >= 15 is 0 Å². The molecule has 0 aliphatic carbocycles. The molecule has 0 saturated heterocycles. The second kappa shape index (κ2) is 8.89. The summed E-state index contributed by atoms with van der Waals surface area (Å²) >= 11 is 0. The van der Waals surface area contributed by atoms with Gasteiger partial charge in [0.05, 0.1) is 5.69 Å². The summed E-state index contributed by atoms with van der Waals surface area (Å²) in [5.41, 5.74) is 4.51. The van der Waals surface area contributed by atoms with Crippen molar-refractivity contribution >= 4 is 17.7 Å². The molecular weight excluding hydrogens is 386 g/mol. The fraction of sp³-hybridized carbons (Fsp3) is 0.0400. The Morgan fingerprint density at radius 1 is 1.06 bits per heavy atom. The third kappa shape index (κ3) is 4.41. The highest BCUT2D eigenvalue weighted by Crippen LogP contribution is 2.25. The van der Waals surface area contributed by atoms with Gasteiger partial charge in [0.25, 0.3) is 5.91 Å². The number of hydrogen-bond acceptors (Lipinski definition) is 4. The molecule has 6 heteroatoms. The number of carbonyl (C=O) groups is 1. The van der Waals surface area contributed by atoms with Crippen LogP contribution < -0.4 is 5.32 Å². The van der Waals surface area contributed by atoms with E-state index in [-0.39, 0.29) is 5.57 Å². The lowest BCUT2D eigenvalue weighted by atomic mass is 10.1. The van der Waals surface area contributed by atoms with Gasteiger partial charge in [-0.3, -0.25) is 9.78 Å². The van der Waals surface area contributed by atoms with Crippen LogP contribution in [0.5, 0.6) is 0 Å². The van der Waals surface area contributed by atoms with E-state index in [4.69, 9.17) is 0 Å². The number of nitrogens with zero attached hydrogens (tertiary/aromatic N) is 4. The largest absolute Gasteiger partial charge is 0.321 e. The summed E-state index contributed by atoms with van der Waals surface area (Å²) in [6.07, 6.45) is 6.75. The number of pyridine rings is 1. The summed E-state index contributed by atoms with van der Waals surface area (Å²) < 4.78 is 1.72. The summed E-state index contributed by atoms with van der Waals surface area (Å²) in [5.74, 6) is -0.471. The molecule has 0 fully saturated rings. The zero-order chi connectivity index (χ0) is 21.6. The molecule has 2 aromatic heterocycles. The van der Waals surface area contributed by atoms with Crippen LogP contribution in [0.25, 0.3) is 23.0 Å². The van der Waals surface area contributed by atoms with Crippen molar-refractivity contribution in [1.29, 1.82) is 5.26 Å². The first-order valence-corrected chi connectivity index (χ1v) is 9.70. The molecule has 31 heavy (non-hydrogen) atoms. The number of carbonyl (C=O) groups excluding carboxylic acids is 1. The van der Waals surface area contributed by atoms with Gasteiger partial charge in [-0.05, 0) is 48.9 Å². The first-order chi connectivity index (χ1) is 15.2. The molecule has 0 bridgehead atoms. The minimum atomic E-state index is -0.471. The van der Waals surface area contributed by atoms with Gasteiger partial charge in [0.1, 0.15) is 17.3 Å². The highest BCUT2D eigenvalue weighted by atomic mass is 16.1. The lowest BCUT2D eigenvalue weighted by Gasteiger charge is -2.07. The van der Waals surface area contributed by atoms with Gasteiger partial charge in [0, 0.05) is 35.4 Å². The summed E-state index contributed by atoms with van der Waals surface area (Å²) in [6, 6.07) is 22.8. The van der Waals surface area contributed by atoms with Crippen LogP contribution in [0.15, 0.2) is 90.9 Å². The maximum absolute atomic E-state index is 12.8. The summed E-state index contributed by atoms with van der Waals surface area (Å²) in [6.45, 7) is 1.90. The minimum absolute atomic E-state index is 0.0130. The van der Waals surface area contributed by atoms with E-state index in [1.807, 2.05) is 73.7 Å². The van der Waals surface area contributed by atoms with E-state index in [9.17, 15) is 10.1 Å². The lowest BCUT2D eigenvalue weighted by Crippen LogP contribution is -2.14. The predicted molar refractivity (Wildman–Crippen MR) is 120 cm³/mol. The quantitative estimate of drug-likeness (QED) is 0.382. The number of anilines is 1. The Bertz CT molecular complexity index is 1280. The number of benzene rings is 2. The standard InChI is InChI=1S/C25H19N5O/c1-18-8-5-6-12-23(18)28-25(31)20(15-26)14-21-17-30(22-10-3-2-4-11-22)29-24(21)19-9-7-13-27-16-19/h2-14,16-17H,1H3,(H,28,31)/b20-14+. The lowest BCUT2D eigenvalue weighted by molar-refractivity contribution is -0.112. The van der Waals surface area contributed by atoms with Crippen LogP contribution in [-0.4, -0.2) is 20.7 Å². The topological polar surface area (TPSA) is 83.6 Å². The van der Waals surface area contributed by atoms with Crippen LogP contribution in [0.2, 0.25) is 0 Å². The Morgan fingerprint density at radius 2 is 1.84 bits per heavy atom. The molecule has 4 rings (SSSR count). The van der Waals surface area contributed by atoms with Gasteiger partial charge in [0.2, 0.25) is 0 Å². The van der Waals surface area contributed by atoms with Gasteiger partial charge in [-0.25, -0.2) is 4.68 Å². The van der Waals surface area contributed by atoms with Crippen molar-refractivity contribution in [2.24, 2.45) is 0 Å². The highest BCUT2D eigenvalue weighted by molar-refractivity contribution is 6.10. The molecule has 4 aromatic rings. The Labute approximate surface area is 180 Å². The van der Waals surface area contributed by atoms with Crippen molar-refractivity contribution in [1.82, 2.24) is 14.8 Å². The Kier molecular flexibility index (Phi) is 5.68. The molecule has 0 aliphatic rings. The van der Waals surface area contributed by atoms with Gasteiger partial charge in [-0.1, -0.05) is 36.4 Å². The molecule has 0 saturated carbocycles. The van der Waals surface area contributed by atoms with Gasteiger partial charge in [0.15, 0.2) is 0 Å². The molecule has 0 spiro atoms. The van der Waals surface area contributed by atoms with E-state index in [1.54, 1.807) is 35.4 Å². The fourth-order valence-corrected chi connectivity index (χ4v) is 3.14. The maximum atomic E-state index is 12.8. The Hall–Kier alpha value is -4.50. The number of hydrogen-bond donors (Lipinski definition) is 1. The van der Waals surface area contributed by atoms with Gasteiger partial charge < -0.3 is 5.32 Å². The van der Waals surface area contributed by atoms with Crippen molar-refractivity contribution in [3.63, 3.8) is 0 Å². The normalized spacial score (nSPS) is 11.0. The van der Waals surface area contributed by atoms with Gasteiger partial charge in [-0.15, -0.1) is 0 Å². The average Bonchev–Trinajstić information content (AvgIpc) is 3.24. The van der Waals surface area contributed by atoms with E-state index < -0.39 is 5.91 Å². The number of nitriles is 1. The summed E-state index contributed by atoms with van der Waals surface area (Å²) in [5, 5.41) is 17.2. The molecule has 1 N–H and O–H groups in total. The fourth-order valence-electron chi connectivity index (χ4n) is 3.14. The van der Waals surface area contributed by atoms with Crippen molar-refractivity contribution in [2.45, 2.75) is 6.92 Å². The first-order valence-electron chi connectivity index (χ1n) is 9.70. The second-order valence-corrected chi connectivity index (χ2v) is 6.89. The Morgan fingerprint density at radius 3 is 2.55 bits per heavy atom. The molecule has 0 aliphatic heterocycles. The van der Waals surface area contributed by atoms with Crippen LogP contribution in [0, 0.1) is 18.3 Å². The molecule has 0 unspecified atom stereocenters. The molecule has 150 valence electrons.